The molecule has 0 atom stereocenters. The number of halogens is 1. The number of methoxy groups -OCH3 is 1. The summed E-state index contributed by atoms with van der Waals surface area (Å²) in [5.74, 6) is 0.791. The van der Waals surface area contributed by atoms with Gasteiger partial charge in [-0.1, -0.05) is 17.7 Å². The number of nitrogens with one attached hydrogen (secondary N) is 3. The van der Waals surface area contributed by atoms with E-state index in [-0.39, 0.29) is 0 Å². The normalized spacial score (nSPS) is 10.7. The molecule has 0 amide bonds. The fourth-order valence-corrected chi connectivity index (χ4v) is 3.25. The molecule has 25 heavy (non-hydrogen) atoms. The number of thiocarbonyl (C=S) groups is 1. The fourth-order valence-electron chi connectivity index (χ4n) is 2.85. The Hall–Kier alpha value is -2.24. The number of aromatic nitrogens is 1. The van der Waals surface area contributed by atoms with Crippen molar-refractivity contribution in [2.24, 2.45) is 0 Å². The van der Waals surface area contributed by atoms with E-state index in [1.807, 2.05) is 42.5 Å². The van der Waals surface area contributed by atoms with E-state index < -0.39 is 0 Å². The van der Waals surface area contributed by atoms with Gasteiger partial charge in [0.15, 0.2) is 5.11 Å². The number of rotatable bonds is 5. The second kappa shape index (κ2) is 7.76. The Bertz CT molecular complexity index is 907. The molecule has 3 rings (SSSR count). The molecule has 6 heteroatoms. The molecule has 0 saturated carbocycles. The summed E-state index contributed by atoms with van der Waals surface area (Å²) in [5.41, 5.74) is 4.42. The van der Waals surface area contributed by atoms with Crippen LogP contribution in [0.5, 0.6) is 5.75 Å². The second-order valence-electron chi connectivity index (χ2n) is 5.78. The van der Waals surface area contributed by atoms with Gasteiger partial charge in [-0.3, -0.25) is 0 Å². The van der Waals surface area contributed by atoms with Gasteiger partial charge >= 0.3 is 0 Å². The van der Waals surface area contributed by atoms with Crippen LogP contribution in [0.4, 0.5) is 5.69 Å². The van der Waals surface area contributed by atoms with Gasteiger partial charge < -0.3 is 20.4 Å². The van der Waals surface area contributed by atoms with Crippen LogP contribution in [-0.4, -0.2) is 23.8 Å². The number of hydrogen-bond acceptors (Lipinski definition) is 2. The van der Waals surface area contributed by atoms with Gasteiger partial charge in [0.1, 0.15) is 5.75 Å². The number of ether oxygens (including phenoxy) is 1. The Balaban J connectivity index is 1.60. The number of aromatic amines is 1. The maximum atomic E-state index is 6.13. The van der Waals surface area contributed by atoms with Crippen LogP contribution < -0.4 is 15.4 Å². The highest BCUT2D eigenvalue weighted by Crippen LogP contribution is 2.25. The third-order valence-electron chi connectivity index (χ3n) is 4.07. The molecule has 1 heterocycles. The second-order valence-corrected chi connectivity index (χ2v) is 6.63. The molecule has 0 aliphatic rings. The molecule has 0 aliphatic heterocycles. The molecule has 3 N–H and O–H groups in total. The van der Waals surface area contributed by atoms with Gasteiger partial charge in [-0.15, -0.1) is 0 Å². The molecule has 0 fully saturated rings. The van der Waals surface area contributed by atoms with Crippen molar-refractivity contribution in [2.45, 2.75) is 13.3 Å². The van der Waals surface area contributed by atoms with E-state index in [1.165, 1.54) is 10.9 Å². The SMILES string of the molecule is COc1cccc(NC(=S)NCCc2c(C)[nH]c3ccc(Cl)cc23)c1. The standard InChI is InChI=1S/C19H20ClN3OS/c1-12-16(17-10-13(20)6-7-18(17)22-12)8-9-21-19(25)23-14-4-3-5-15(11-14)24-2/h3-7,10-11,22H,8-9H2,1-2H3,(H2,21,23,25). The molecular formula is C19H20ClN3OS. The largest absolute Gasteiger partial charge is 0.497 e. The van der Waals surface area contributed by atoms with Crippen LogP contribution in [0.3, 0.4) is 0 Å². The van der Waals surface area contributed by atoms with Crippen molar-refractivity contribution in [3.63, 3.8) is 0 Å². The molecule has 3 aromatic rings. The van der Waals surface area contributed by atoms with Crippen molar-refractivity contribution in [3.05, 3.63) is 58.7 Å². The van der Waals surface area contributed by atoms with Gasteiger partial charge in [0.25, 0.3) is 0 Å². The first kappa shape index (κ1) is 17.6. The summed E-state index contributed by atoms with van der Waals surface area (Å²) >= 11 is 11.5. The van der Waals surface area contributed by atoms with Crippen LogP contribution in [0.15, 0.2) is 42.5 Å². The zero-order valence-electron chi connectivity index (χ0n) is 14.2. The van der Waals surface area contributed by atoms with E-state index >= 15 is 0 Å². The molecule has 1 aromatic heterocycles. The summed E-state index contributed by atoms with van der Waals surface area (Å²) in [6.45, 7) is 2.81. The van der Waals surface area contributed by atoms with E-state index in [4.69, 9.17) is 28.6 Å². The molecule has 0 radical (unpaired) electrons. The van der Waals surface area contributed by atoms with Crippen molar-refractivity contribution >= 4 is 45.5 Å². The Morgan fingerprint density at radius 3 is 2.88 bits per heavy atom. The lowest BCUT2D eigenvalue weighted by molar-refractivity contribution is 0.415. The topological polar surface area (TPSA) is 49.1 Å². The van der Waals surface area contributed by atoms with Gasteiger partial charge in [0, 0.05) is 39.9 Å². The molecule has 2 aromatic carbocycles. The first-order valence-corrected chi connectivity index (χ1v) is 8.81. The van der Waals surface area contributed by atoms with E-state index in [9.17, 15) is 0 Å². The van der Waals surface area contributed by atoms with E-state index in [2.05, 4.69) is 22.5 Å². The summed E-state index contributed by atoms with van der Waals surface area (Å²) in [4.78, 5) is 3.40. The predicted octanol–water partition coefficient (Wildman–Crippen LogP) is 4.67. The Morgan fingerprint density at radius 1 is 1.24 bits per heavy atom. The number of fused-ring (bicyclic) bond motifs is 1. The Morgan fingerprint density at radius 2 is 2.08 bits per heavy atom. The maximum Gasteiger partial charge on any atom is 0.170 e. The molecule has 0 aliphatic carbocycles. The first-order chi connectivity index (χ1) is 12.1. The van der Waals surface area contributed by atoms with Crippen LogP contribution in [0.1, 0.15) is 11.3 Å². The average molecular weight is 374 g/mol. The highest BCUT2D eigenvalue weighted by Gasteiger charge is 2.09. The van der Waals surface area contributed by atoms with Gasteiger partial charge in [0.2, 0.25) is 0 Å². The number of benzene rings is 2. The molecule has 0 spiro atoms. The lowest BCUT2D eigenvalue weighted by atomic mass is 10.1. The minimum absolute atomic E-state index is 0.587. The average Bonchev–Trinajstić information content (AvgIpc) is 2.90. The minimum atomic E-state index is 0.587. The van der Waals surface area contributed by atoms with Crippen LogP contribution in [0, 0.1) is 6.92 Å². The van der Waals surface area contributed by atoms with Gasteiger partial charge in [-0.05, 0) is 61.5 Å². The van der Waals surface area contributed by atoms with Crippen LogP contribution in [0.2, 0.25) is 5.02 Å². The summed E-state index contributed by atoms with van der Waals surface area (Å²) < 4.78 is 5.21. The Kier molecular flexibility index (Phi) is 5.46. The zero-order chi connectivity index (χ0) is 17.8. The fraction of sp³-hybridized carbons (Fsp3) is 0.211. The Labute approximate surface area is 157 Å². The zero-order valence-corrected chi connectivity index (χ0v) is 15.7. The van der Waals surface area contributed by atoms with E-state index in [0.29, 0.717) is 5.11 Å². The lowest BCUT2D eigenvalue weighted by Crippen LogP contribution is -2.30. The predicted molar refractivity (Wildman–Crippen MR) is 109 cm³/mol. The first-order valence-electron chi connectivity index (χ1n) is 8.02. The smallest absolute Gasteiger partial charge is 0.170 e. The van der Waals surface area contributed by atoms with Crippen molar-refractivity contribution in [1.82, 2.24) is 10.3 Å². The third kappa shape index (κ3) is 4.24. The minimum Gasteiger partial charge on any atom is -0.497 e. The number of H-pyrrole nitrogens is 1. The van der Waals surface area contributed by atoms with E-state index in [1.54, 1.807) is 7.11 Å². The molecule has 0 bridgehead atoms. The van der Waals surface area contributed by atoms with Crippen molar-refractivity contribution < 1.29 is 4.74 Å². The number of anilines is 1. The summed E-state index contributed by atoms with van der Waals surface area (Å²) in [6, 6.07) is 13.6. The van der Waals surface area contributed by atoms with Crippen LogP contribution in [-0.2, 0) is 6.42 Å². The van der Waals surface area contributed by atoms with Gasteiger partial charge in [-0.25, -0.2) is 0 Å². The molecule has 4 nitrogen and oxygen atoms in total. The van der Waals surface area contributed by atoms with Gasteiger partial charge in [-0.2, -0.15) is 0 Å². The molecule has 130 valence electrons. The highest BCUT2D eigenvalue weighted by atomic mass is 35.5. The summed E-state index contributed by atoms with van der Waals surface area (Å²) in [7, 11) is 1.64. The number of aryl methyl sites for hydroxylation is 1. The molecule has 0 saturated heterocycles. The molecule has 0 unspecified atom stereocenters. The van der Waals surface area contributed by atoms with Crippen molar-refractivity contribution in [1.29, 1.82) is 0 Å². The highest BCUT2D eigenvalue weighted by molar-refractivity contribution is 7.80. The quantitative estimate of drug-likeness (QED) is 0.569. The summed E-state index contributed by atoms with van der Waals surface area (Å²) in [6.07, 6.45) is 0.853. The number of hydrogen-bond donors (Lipinski definition) is 3. The third-order valence-corrected chi connectivity index (χ3v) is 4.55. The van der Waals surface area contributed by atoms with Gasteiger partial charge in [0.05, 0.1) is 7.11 Å². The van der Waals surface area contributed by atoms with Crippen LogP contribution >= 0.6 is 23.8 Å². The van der Waals surface area contributed by atoms with Crippen molar-refractivity contribution in [3.8, 4) is 5.75 Å². The lowest BCUT2D eigenvalue weighted by Gasteiger charge is -2.11. The summed E-state index contributed by atoms with van der Waals surface area (Å²) in [5, 5.41) is 8.91. The molecular weight excluding hydrogens is 354 g/mol. The van der Waals surface area contributed by atoms with E-state index in [0.717, 1.165) is 40.6 Å². The van der Waals surface area contributed by atoms with Crippen LogP contribution in [0.25, 0.3) is 10.9 Å². The van der Waals surface area contributed by atoms with Crippen molar-refractivity contribution in [2.75, 3.05) is 19.0 Å². The maximum absolute atomic E-state index is 6.13. The monoisotopic (exact) mass is 373 g/mol.